The highest BCUT2D eigenvalue weighted by Crippen LogP contribution is 2.19. The summed E-state index contributed by atoms with van der Waals surface area (Å²) in [5.74, 6) is 0. The van der Waals surface area contributed by atoms with Gasteiger partial charge in [-0.1, -0.05) is 27.5 Å². The van der Waals surface area contributed by atoms with E-state index >= 15 is 0 Å². The molecule has 4 heteroatoms. The van der Waals surface area contributed by atoms with Gasteiger partial charge in [-0.05, 0) is 30.7 Å². The number of aromatic nitrogens is 2. The summed E-state index contributed by atoms with van der Waals surface area (Å²) in [5, 5.41) is 4.77. The third kappa shape index (κ3) is 1.83. The van der Waals surface area contributed by atoms with Gasteiger partial charge in [0.25, 0.3) is 0 Å². The summed E-state index contributed by atoms with van der Waals surface area (Å²) in [6.45, 7) is 2.04. The van der Waals surface area contributed by atoms with Crippen LogP contribution in [0, 0.1) is 6.92 Å². The highest BCUT2D eigenvalue weighted by molar-refractivity contribution is 9.10. The Morgan fingerprint density at radius 1 is 1.43 bits per heavy atom. The van der Waals surface area contributed by atoms with Crippen molar-refractivity contribution in [1.82, 2.24) is 9.78 Å². The molecule has 0 N–H and O–H groups in total. The zero-order valence-corrected chi connectivity index (χ0v) is 9.88. The fraction of sp³-hybridized carbons (Fsp3) is 0.100. The normalized spacial score (nSPS) is 10.5. The molecule has 1 heterocycles. The first-order chi connectivity index (χ1) is 6.66. The van der Waals surface area contributed by atoms with Gasteiger partial charge in [-0.25, -0.2) is 4.68 Å². The van der Waals surface area contributed by atoms with Crippen molar-refractivity contribution < 1.29 is 0 Å². The summed E-state index contributed by atoms with van der Waals surface area (Å²) in [6, 6.07) is 6.04. The van der Waals surface area contributed by atoms with Crippen LogP contribution >= 0.6 is 27.5 Å². The van der Waals surface area contributed by atoms with Crippen LogP contribution in [0.15, 0.2) is 35.1 Å². The van der Waals surface area contributed by atoms with Crippen molar-refractivity contribution in [3.8, 4) is 5.69 Å². The summed E-state index contributed by atoms with van der Waals surface area (Å²) in [5.41, 5.74) is 2.19. The van der Waals surface area contributed by atoms with Crippen LogP contribution in [0.25, 0.3) is 5.69 Å². The van der Waals surface area contributed by atoms with Crippen molar-refractivity contribution in [3.05, 3.63) is 45.7 Å². The maximum absolute atomic E-state index is 5.79. The van der Waals surface area contributed by atoms with Crippen molar-refractivity contribution >= 4 is 27.5 Å². The Bertz CT molecular complexity index is 465. The lowest BCUT2D eigenvalue weighted by atomic mass is 10.2. The quantitative estimate of drug-likeness (QED) is 0.775. The van der Waals surface area contributed by atoms with Crippen LogP contribution in [0.5, 0.6) is 0 Å². The van der Waals surface area contributed by atoms with Gasteiger partial charge in [0.05, 0.1) is 16.9 Å². The van der Waals surface area contributed by atoms with Crippen molar-refractivity contribution in [2.75, 3.05) is 0 Å². The molecule has 0 aliphatic rings. The molecule has 2 nitrogen and oxygen atoms in total. The molecular weight excluding hydrogens is 263 g/mol. The number of hydrogen-bond acceptors (Lipinski definition) is 1. The average molecular weight is 272 g/mol. The molecule has 0 fully saturated rings. The number of hydrogen-bond donors (Lipinski definition) is 0. The van der Waals surface area contributed by atoms with Gasteiger partial charge in [0, 0.05) is 10.7 Å². The van der Waals surface area contributed by atoms with Crippen molar-refractivity contribution in [2.45, 2.75) is 6.92 Å². The van der Waals surface area contributed by atoms with E-state index in [-0.39, 0.29) is 0 Å². The number of rotatable bonds is 1. The number of aryl methyl sites for hydroxylation is 1. The van der Waals surface area contributed by atoms with Crippen LogP contribution in [0.4, 0.5) is 0 Å². The summed E-state index contributed by atoms with van der Waals surface area (Å²) in [4.78, 5) is 0. The molecule has 2 aromatic rings. The molecule has 0 saturated carbocycles. The zero-order valence-electron chi connectivity index (χ0n) is 7.54. The van der Waals surface area contributed by atoms with Crippen LogP contribution in [0.3, 0.4) is 0 Å². The third-order valence-corrected chi connectivity index (χ3v) is 3.04. The van der Waals surface area contributed by atoms with Crippen molar-refractivity contribution in [1.29, 1.82) is 0 Å². The predicted molar refractivity (Wildman–Crippen MR) is 61.0 cm³/mol. The average Bonchev–Trinajstić information content (AvgIpc) is 2.57. The molecule has 1 aromatic carbocycles. The Morgan fingerprint density at radius 3 is 2.79 bits per heavy atom. The summed E-state index contributed by atoms with van der Waals surface area (Å²) >= 11 is 9.24. The maximum Gasteiger partial charge on any atom is 0.0790 e. The second-order valence-electron chi connectivity index (χ2n) is 3.04. The Hall–Kier alpha value is -0.800. The molecule has 2 rings (SSSR count). The Kier molecular flexibility index (Phi) is 2.61. The number of halogens is 2. The van der Waals surface area contributed by atoms with E-state index in [2.05, 4.69) is 21.0 Å². The van der Waals surface area contributed by atoms with Gasteiger partial charge in [-0.2, -0.15) is 5.10 Å². The van der Waals surface area contributed by atoms with Crippen LogP contribution in [0.2, 0.25) is 5.02 Å². The van der Waals surface area contributed by atoms with E-state index in [1.165, 1.54) is 5.56 Å². The van der Waals surface area contributed by atoms with E-state index in [0.29, 0.717) is 5.02 Å². The molecule has 14 heavy (non-hydrogen) atoms. The van der Waals surface area contributed by atoms with Crippen LogP contribution in [-0.4, -0.2) is 9.78 Å². The molecule has 72 valence electrons. The van der Waals surface area contributed by atoms with E-state index in [1.807, 2.05) is 25.1 Å². The van der Waals surface area contributed by atoms with Gasteiger partial charge in [0.1, 0.15) is 0 Å². The summed E-state index contributed by atoms with van der Waals surface area (Å²) in [7, 11) is 0. The lowest BCUT2D eigenvalue weighted by Crippen LogP contribution is -1.94. The molecule has 0 spiro atoms. The minimum absolute atomic E-state index is 0.644. The van der Waals surface area contributed by atoms with Gasteiger partial charge in [-0.15, -0.1) is 0 Å². The molecule has 0 aliphatic carbocycles. The van der Waals surface area contributed by atoms with Crippen LogP contribution in [0.1, 0.15) is 5.56 Å². The second-order valence-corrected chi connectivity index (χ2v) is 4.33. The third-order valence-electron chi connectivity index (χ3n) is 1.96. The highest BCUT2D eigenvalue weighted by Gasteiger charge is 2.00. The molecule has 0 amide bonds. The van der Waals surface area contributed by atoms with Gasteiger partial charge in [0.15, 0.2) is 0 Å². The molecule has 0 atom stereocenters. The molecular formula is C10H8BrClN2. The lowest BCUT2D eigenvalue weighted by molar-refractivity contribution is 0.879. The molecule has 0 radical (unpaired) electrons. The molecule has 0 aliphatic heterocycles. The summed E-state index contributed by atoms with van der Waals surface area (Å²) < 4.78 is 2.85. The summed E-state index contributed by atoms with van der Waals surface area (Å²) in [6.07, 6.45) is 3.41. The van der Waals surface area contributed by atoms with E-state index in [1.54, 1.807) is 17.1 Å². The molecule has 0 saturated heterocycles. The molecule has 0 unspecified atom stereocenters. The molecule has 0 bridgehead atoms. The minimum atomic E-state index is 0.644. The SMILES string of the molecule is Cc1cc(-n2cc(Cl)cn2)ccc1Br. The van der Waals surface area contributed by atoms with Crippen LogP contribution in [-0.2, 0) is 0 Å². The Balaban J connectivity index is 2.47. The van der Waals surface area contributed by atoms with Crippen molar-refractivity contribution in [2.24, 2.45) is 0 Å². The minimum Gasteiger partial charge on any atom is -0.239 e. The first kappa shape index (κ1) is 9.74. The lowest BCUT2D eigenvalue weighted by Gasteiger charge is -2.03. The predicted octanol–water partition coefficient (Wildman–Crippen LogP) is 3.60. The Morgan fingerprint density at radius 2 is 2.21 bits per heavy atom. The molecule has 1 aromatic heterocycles. The van der Waals surface area contributed by atoms with Crippen LogP contribution < -0.4 is 0 Å². The van der Waals surface area contributed by atoms with Gasteiger partial charge in [0.2, 0.25) is 0 Å². The smallest absolute Gasteiger partial charge is 0.0790 e. The Labute approximate surface area is 95.6 Å². The van der Waals surface area contributed by atoms with Gasteiger partial charge >= 0.3 is 0 Å². The van der Waals surface area contributed by atoms with E-state index in [9.17, 15) is 0 Å². The van der Waals surface area contributed by atoms with Gasteiger partial charge in [-0.3, -0.25) is 0 Å². The zero-order chi connectivity index (χ0) is 10.1. The van der Waals surface area contributed by atoms with E-state index < -0.39 is 0 Å². The second kappa shape index (κ2) is 3.75. The monoisotopic (exact) mass is 270 g/mol. The first-order valence-electron chi connectivity index (χ1n) is 4.13. The fourth-order valence-corrected chi connectivity index (χ4v) is 1.60. The van der Waals surface area contributed by atoms with E-state index in [4.69, 9.17) is 11.6 Å². The van der Waals surface area contributed by atoms with Crippen molar-refractivity contribution in [3.63, 3.8) is 0 Å². The topological polar surface area (TPSA) is 17.8 Å². The van der Waals surface area contributed by atoms with Gasteiger partial charge < -0.3 is 0 Å². The fourth-order valence-electron chi connectivity index (χ4n) is 1.21. The largest absolute Gasteiger partial charge is 0.239 e. The standard InChI is InChI=1S/C10H8BrClN2/c1-7-4-9(2-3-10(7)11)14-6-8(12)5-13-14/h2-6H,1H3. The highest BCUT2D eigenvalue weighted by atomic mass is 79.9. The van der Waals surface area contributed by atoms with E-state index in [0.717, 1.165) is 10.2 Å². The number of nitrogens with zero attached hydrogens (tertiary/aromatic N) is 2. The first-order valence-corrected chi connectivity index (χ1v) is 5.30. The number of benzene rings is 1. The maximum atomic E-state index is 5.79.